The molecule has 5 aromatic carbocycles. The Hall–Kier alpha value is -5.26. The molecule has 8 aromatic rings. The number of aromatic nitrogens is 4. The van der Waals surface area contributed by atoms with Gasteiger partial charge in [-0.1, -0.05) is 103 Å². The average molecular weight is 543 g/mol. The third kappa shape index (κ3) is 4.24. The number of para-hydroxylation sites is 1. The molecule has 3 heterocycles. The van der Waals surface area contributed by atoms with Crippen LogP contribution in [-0.4, -0.2) is 19.9 Å². The van der Waals surface area contributed by atoms with Gasteiger partial charge in [0.05, 0.1) is 5.52 Å². The zero-order valence-electron chi connectivity index (χ0n) is 21.9. The highest BCUT2D eigenvalue weighted by Gasteiger charge is 2.17. The second-order valence-electron chi connectivity index (χ2n) is 9.92. The number of hydrogen-bond acceptors (Lipinski definition) is 5. The molecule has 0 spiro atoms. The lowest BCUT2D eigenvalue weighted by Crippen LogP contribution is -2.01. The molecule has 0 bridgehead atoms. The van der Waals surface area contributed by atoms with Crippen molar-refractivity contribution in [2.75, 3.05) is 0 Å². The highest BCUT2D eigenvalue weighted by atomic mass is 32.1. The molecule has 41 heavy (non-hydrogen) atoms. The summed E-state index contributed by atoms with van der Waals surface area (Å²) in [6.45, 7) is 0. The van der Waals surface area contributed by atoms with Crippen LogP contribution in [0.2, 0.25) is 0 Å². The Morgan fingerprint density at radius 2 is 1.15 bits per heavy atom. The summed E-state index contributed by atoms with van der Waals surface area (Å²) in [7, 11) is 0. The monoisotopic (exact) mass is 542 g/mol. The van der Waals surface area contributed by atoms with E-state index in [2.05, 4.69) is 103 Å². The highest BCUT2D eigenvalue weighted by Crippen LogP contribution is 2.39. The molecular weight excluding hydrogens is 520 g/mol. The lowest BCUT2D eigenvalue weighted by Gasteiger charge is -2.10. The molecule has 0 unspecified atom stereocenters. The fourth-order valence-electron chi connectivity index (χ4n) is 5.32. The molecule has 4 nitrogen and oxygen atoms in total. The Bertz CT molecular complexity index is 2220. The third-order valence-electron chi connectivity index (χ3n) is 7.34. The first-order valence-corrected chi connectivity index (χ1v) is 14.3. The lowest BCUT2D eigenvalue weighted by molar-refractivity contribution is 1.06. The highest BCUT2D eigenvalue weighted by molar-refractivity contribution is 7.26. The summed E-state index contributed by atoms with van der Waals surface area (Å²) < 4.78 is 2.41. The Morgan fingerprint density at radius 1 is 0.439 bits per heavy atom. The molecule has 0 radical (unpaired) electrons. The fraction of sp³-hybridized carbons (Fsp3) is 0. The van der Waals surface area contributed by atoms with Crippen LogP contribution in [0.5, 0.6) is 0 Å². The van der Waals surface area contributed by atoms with E-state index in [1.807, 2.05) is 30.3 Å². The molecule has 0 fully saturated rings. The van der Waals surface area contributed by atoms with Crippen molar-refractivity contribution in [2.24, 2.45) is 0 Å². The van der Waals surface area contributed by atoms with Gasteiger partial charge in [0.25, 0.3) is 0 Å². The van der Waals surface area contributed by atoms with Gasteiger partial charge in [0.15, 0.2) is 17.5 Å². The van der Waals surface area contributed by atoms with Gasteiger partial charge in [-0.2, -0.15) is 0 Å². The summed E-state index contributed by atoms with van der Waals surface area (Å²) >= 11 is 1.77. The molecule has 0 aliphatic heterocycles. The van der Waals surface area contributed by atoms with Gasteiger partial charge in [0, 0.05) is 36.7 Å². The van der Waals surface area contributed by atoms with Gasteiger partial charge < -0.3 is 0 Å². The Morgan fingerprint density at radius 3 is 2.10 bits per heavy atom. The summed E-state index contributed by atoms with van der Waals surface area (Å²) in [4.78, 5) is 20.0. The number of fused-ring (bicyclic) bond motifs is 4. The van der Waals surface area contributed by atoms with Crippen molar-refractivity contribution in [3.63, 3.8) is 0 Å². The Balaban J connectivity index is 1.36. The van der Waals surface area contributed by atoms with Crippen molar-refractivity contribution in [3.8, 4) is 45.4 Å². The molecule has 8 rings (SSSR count). The molecule has 0 aliphatic rings. The zero-order valence-corrected chi connectivity index (χ0v) is 22.7. The van der Waals surface area contributed by atoms with E-state index in [1.54, 1.807) is 11.3 Å². The van der Waals surface area contributed by atoms with Crippen LogP contribution in [-0.2, 0) is 0 Å². The predicted molar refractivity (Wildman–Crippen MR) is 170 cm³/mol. The summed E-state index contributed by atoms with van der Waals surface area (Å²) in [5.74, 6) is 1.82. The van der Waals surface area contributed by atoms with Crippen molar-refractivity contribution in [2.45, 2.75) is 0 Å². The van der Waals surface area contributed by atoms with E-state index in [0.717, 1.165) is 38.9 Å². The van der Waals surface area contributed by atoms with Gasteiger partial charge in [-0.15, -0.1) is 11.3 Å². The van der Waals surface area contributed by atoms with Crippen molar-refractivity contribution in [3.05, 3.63) is 133 Å². The molecule has 3 aromatic heterocycles. The van der Waals surface area contributed by atoms with E-state index >= 15 is 0 Å². The van der Waals surface area contributed by atoms with Crippen LogP contribution in [0.15, 0.2) is 133 Å². The average Bonchev–Trinajstić information content (AvgIpc) is 3.44. The van der Waals surface area contributed by atoms with Crippen molar-refractivity contribution >= 4 is 42.4 Å². The van der Waals surface area contributed by atoms with Crippen LogP contribution in [0.25, 0.3) is 76.5 Å². The van der Waals surface area contributed by atoms with Gasteiger partial charge in [-0.3, -0.25) is 0 Å². The maximum atomic E-state index is 5.07. The van der Waals surface area contributed by atoms with Crippen molar-refractivity contribution in [1.29, 1.82) is 0 Å². The van der Waals surface area contributed by atoms with E-state index in [0.29, 0.717) is 17.5 Å². The minimum absolute atomic E-state index is 0.555. The quantitative estimate of drug-likeness (QED) is 0.222. The normalized spacial score (nSPS) is 11.4. The molecule has 0 saturated carbocycles. The summed E-state index contributed by atoms with van der Waals surface area (Å²) in [6, 6.07) is 45.8. The summed E-state index contributed by atoms with van der Waals surface area (Å²) in [6.07, 6.45) is 0. The molecule has 0 saturated heterocycles. The first-order chi connectivity index (χ1) is 20.3. The minimum Gasteiger partial charge on any atom is -0.244 e. The summed E-state index contributed by atoms with van der Waals surface area (Å²) in [5, 5.41) is 3.54. The summed E-state index contributed by atoms with van der Waals surface area (Å²) in [5.41, 5.74) is 5.81. The molecular formula is C36H22N4S. The number of nitrogens with zero attached hydrogens (tertiary/aromatic N) is 4. The topological polar surface area (TPSA) is 51.6 Å². The van der Waals surface area contributed by atoms with E-state index in [1.165, 1.54) is 20.2 Å². The zero-order chi connectivity index (χ0) is 27.2. The fourth-order valence-corrected chi connectivity index (χ4v) is 6.53. The van der Waals surface area contributed by atoms with Crippen LogP contribution in [0.1, 0.15) is 0 Å². The molecule has 0 N–H and O–H groups in total. The molecule has 0 amide bonds. The standard InChI is InChI=1S/C36H22N4S/c1-2-10-23(11-3-1)25-13-8-14-26(22-25)34-38-35(29-17-9-16-28-27-15-5-7-19-32(27)41-33(28)29)40-36(39-34)31-21-20-24-12-4-6-18-30(24)37-31/h1-22H. The van der Waals surface area contributed by atoms with Crippen LogP contribution in [0.4, 0.5) is 0 Å². The van der Waals surface area contributed by atoms with E-state index in [9.17, 15) is 0 Å². The predicted octanol–water partition coefficient (Wildman–Crippen LogP) is 9.46. The lowest BCUT2D eigenvalue weighted by atomic mass is 10.0. The van der Waals surface area contributed by atoms with Gasteiger partial charge in [-0.05, 0) is 41.5 Å². The molecule has 192 valence electrons. The second kappa shape index (κ2) is 9.73. The minimum atomic E-state index is 0.555. The smallest absolute Gasteiger partial charge is 0.182 e. The van der Waals surface area contributed by atoms with Crippen molar-refractivity contribution < 1.29 is 0 Å². The van der Waals surface area contributed by atoms with Crippen LogP contribution < -0.4 is 0 Å². The van der Waals surface area contributed by atoms with Crippen LogP contribution in [0, 0.1) is 0 Å². The third-order valence-corrected chi connectivity index (χ3v) is 8.56. The number of thiophene rings is 1. The van der Waals surface area contributed by atoms with Gasteiger partial charge in [-0.25, -0.2) is 19.9 Å². The number of benzene rings is 5. The largest absolute Gasteiger partial charge is 0.244 e. The van der Waals surface area contributed by atoms with Crippen molar-refractivity contribution in [1.82, 2.24) is 19.9 Å². The molecule has 0 aliphatic carbocycles. The maximum Gasteiger partial charge on any atom is 0.182 e. The first-order valence-electron chi connectivity index (χ1n) is 13.5. The van der Waals surface area contributed by atoms with E-state index in [4.69, 9.17) is 19.9 Å². The Kier molecular flexibility index (Phi) is 5.61. The second-order valence-corrected chi connectivity index (χ2v) is 11.0. The van der Waals surface area contributed by atoms with Crippen LogP contribution >= 0.6 is 11.3 Å². The maximum absolute atomic E-state index is 5.07. The van der Waals surface area contributed by atoms with Crippen LogP contribution in [0.3, 0.4) is 0 Å². The molecule has 0 atom stereocenters. The first kappa shape index (κ1) is 23.6. The van der Waals surface area contributed by atoms with Gasteiger partial charge in [0.1, 0.15) is 5.69 Å². The van der Waals surface area contributed by atoms with Gasteiger partial charge in [0.2, 0.25) is 0 Å². The van der Waals surface area contributed by atoms with E-state index < -0.39 is 0 Å². The van der Waals surface area contributed by atoms with Gasteiger partial charge >= 0.3 is 0 Å². The molecule has 5 heteroatoms. The Labute approximate surface area is 240 Å². The number of hydrogen-bond donors (Lipinski definition) is 0. The number of rotatable bonds is 4. The number of pyridine rings is 1. The van der Waals surface area contributed by atoms with E-state index in [-0.39, 0.29) is 0 Å². The SMILES string of the molecule is c1ccc(-c2cccc(-c3nc(-c4ccc5ccccc5n4)nc(-c4cccc5c4sc4ccccc45)n3)c2)cc1.